The van der Waals surface area contributed by atoms with Crippen molar-refractivity contribution in [3.05, 3.63) is 62.9 Å². The van der Waals surface area contributed by atoms with Gasteiger partial charge < -0.3 is 14.2 Å². The van der Waals surface area contributed by atoms with E-state index in [1.54, 1.807) is 24.3 Å². The first-order valence-corrected chi connectivity index (χ1v) is 9.75. The average molecular weight is 491 g/mol. The molecule has 0 bridgehead atoms. The lowest BCUT2D eigenvalue weighted by Crippen LogP contribution is -2.07. The molecule has 1 aliphatic heterocycles. The predicted molar refractivity (Wildman–Crippen MR) is 113 cm³/mol. The van der Waals surface area contributed by atoms with Crippen LogP contribution in [0.25, 0.3) is 6.08 Å². The number of benzene rings is 2. The summed E-state index contributed by atoms with van der Waals surface area (Å²) >= 11 is 2.20. The highest BCUT2D eigenvalue weighted by Gasteiger charge is 2.24. The summed E-state index contributed by atoms with van der Waals surface area (Å²) in [6, 6.07) is 12.5. The van der Waals surface area contributed by atoms with E-state index >= 15 is 0 Å². The highest BCUT2D eigenvalue weighted by Crippen LogP contribution is 2.30. The molecule has 144 valence electrons. The first kappa shape index (κ1) is 20.1. The fraction of sp³-hybridized carbons (Fsp3) is 0.190. The lowest BCUT2D eigenvalue weighted by molar-refractivity contribution is -0.134. The molecule has 0 radical (unpaired) electrons. The van der Waals surface area contributed by atoms with Crippen molar-refractivity contribution >= 4 is 46.5 Å². The minimum atomic E-state index is -0.522. The van der Waals surface area contributed by atoms with Crippen molar-refractivity contribution in [1.29, 1.82) is 0 Å². The lowest BCUT2D eigenvalue weighted by Gasteiger charge is -2.09. The van der Waals surface area contributed by atoms with Crippen LogP contribution in [0.5, 0.6) is 11.5 Å². The molecule has 3 rings (SSSR count). The molecule has 0 aromatic heterocycles. The number of rotatable bonds is 6. The van der Waals surface area contributed by atoms with Crippen LogP contribution in [0.2, 0.25) is 0 Å². The van der Waals surface area contributed by atoms with Crippen LogP contribution in [0, 0.1) is 3.57 Å². The molecule has 1 aliphatic rings. The van der Waals surface area contributed by atoms with Crippen molar-refractivity contribution in [3.63, 3.8) is 0 Å². The number of cyclic esters (lactones) is 1. The molecule has 0 N–H and O–H groups in total. The van der Waals surface area contributed by atoms with E-state index in [-0.39, 0.29) is 17.6 Å². The second kappa shape index (κ2) is 9.01. The Labute approximate surface area is 176 Å². The van der Waals surface area contributed by atoms with Crippen LogP contribution >= 0.6 is 22.6 Å². The molecule has 2 aromatic rings. The van der Waals surface area contributed by atoms with Gasteiger partial charge in [0.1, 0.15) is 0 Å². The third-order valence-corrected chi connectivity index (χ3v) is 4.60. The molecular formula is C21H18INO5. The van der Waals surface area contributed by atoms with Gasteiger partial charge in [-0.1, -0.05) is 13.0 Å². The van der Waals surface area contributed by atoms with Gasteiger partial charge in [-0.3, -0.25) is 4.79 Å². The topological polar surface area (TPSA) is 74.2 Å². The summed E-state index contributed by atoms with van der Waals surface area (Å²) in [4.78, 5) is 28.2. The molecule has 7 heteroatoms. The number of hydrogen-bond donors (Lipinski definition) is 0. The first-order chi connectivity index (χ1) is 13.5. The molecule has 0 fully saturated rings. The largest absolute Gasteiger partial charge is 0.493 e. The summed E-state index contributed by atoms with van der Waals surface area (Å²) < 4.78 is 17.0. The molecule has 28 heavy (non-hydrogen) atoms. The molecule has 0 atom stereocenters. The van der Waals surface area contributed by atoms with E-state index in [4.69, 9.17) is 14.2 Å². The van der Waals surface area contributed by atoms with Gasteiger partial charge in [-0.05, 0) is 77.0 Å². The molecule has 0 spiro atoms. The van der Waals surface area contributed by atoms with Crippen molar-refractivity contribution in [1.82, 2.24) is 0 Å². The summed E-state index contributed by atoms with van der Waals surface area (Å²) in [5.41, 5.74) is 1.59. The maximum Gasteiger partial charge on any atom is 0.363 e. The fourth-order valence-corrected chi connectivity index (χ4v) is 2.88. The van der Waals surface area contributed by atoms with E-state index in [0.717, 1.165) is 9.13 Å². The van der Waals surface area contributed by atoms with Gasteiger partial charge in [-0.25, -0.2) is 9.79 Å². The predicted octanol–water partition coefficient (Wildman–Crippen LogP) is 4.35. The van der Waals surface area contributed by atoms with Gasteiger partial charge >= 0.3 is 11.9 Å². The van der Waals surface area contributed by atoms with E-state index in [9.17, 15) is 9.59 Å². The molecular weight excluding hydrogens is 473 g/mol. The number of nitrogens with zero attached hydrogens (tertiary/aromatic N) is 1. The number of aliphatic imine (C=N–C) groups is 1. The van der Waals surface area contributed by atoms with Crippen LogP contribution in [0.3, 0.4) is 0 Å². The summed E-state index contributed by atoms with van der Waals surface area (Å²) in [7, 11) is 1.49. The number of halogens is 1. The van der Waals surface area contributed by atoms with Gasteiger partial charge in [-0.2, -0.15) is 0 Å². The maximum atomic E-state index is 12.2. The van der Waals surface area contributed by atoms with Crippen LogP contribution in [0.1, 0.15) is 30.9 Å². The zero-order chi connectivity index (χ0) is 20.1. The highest BCUT2D eigenvalue weighted by atomic mass is 127. The zero-order valence-corrected chi connectivity index (χ0v) is 17.6. The minimum absolute atomic E-state index is 0.186. The first-order valence-electron chi connectivity index (χ1n) is 8.67. The Hall–Kier alpha value is -2.68. The molecule has 1 heterocycles. The van der Waals surface area contributed by atoms with Crippen LogP contribution in [-0.2, 0) is 14.3 Å². The van der Waals surface area contributed by atoms with Crippen LogP contribution in [0.15, 0.2) is 53.2 Å². The molecule has 2 aromatic carbocycles. The van der Waals surface area contributed by atoms with Gasteiger partial charge in [-0.15, -0.1) is 0 Å². The maximum absolute atomic E-state index is 12.2. The zero-order valence-electron chi connectivity index (χ0n) is 15.4. The Morgan fingerprint density at radius 1 is 1.18 bits per heavy atom. The second-order valence-electron chi connectivity index (χ2n) is 5.98. The van der Waals surface area contributed by atoms with Crippen molar-refractivity contribution in [3.8, 4) is 11.5 Å². The summed E-state index contributed by atoms with van der Waals surface area (Å²) in [5, 5.41) is 0. The summed E-state index contributed by atoms with van der Waals surface area (Å²) in [6.07, 6.45) is 2.63. The molecule has 0 aliphatic carbocycles. The van der Waals surface area contributed by atoms with E-state index in [1.807, 2.05) is 31.2 Å². The van der Waals surface area contributed by atoms with E-state index < -0.39 is 5.97 Å². The van der Waals surface area contributed by atoms with Gasteiger partial charge in [0.05, 0.1) is 7.11 Å². The summed E-state index contributed by atoms with van der Waals surface area (Å²) in [5.74, 6) is 0.154. The molecule has 0 saturated carbocycles. The number of hydrogen-bond acceptors (Lipinski definition) is 6. The molecule has 0 unspecified atom stereocenters. The Kier molecular flexibility index (Phi) is 6.45. The molecule has 6 nitrogen and oxygen atoms in total. The Morgan fingerprint density at radius 2 is 1.93 bits per heavy atom. The van der Waals surface area contributed by atoms with Gasteiger partial charge in [0.25, 0.3) is 0 Å². The normalized spacial score (nSPS) is 14.6. The van der Waals surface area contributed by atoms with Gasteiger partial charge in [0.2, 0.25) is 5.90 Å². The van der Waals surface area contributed by atoms with Crippen LogP contribution in [-0.4, -0.2) is 24.9 Å². The third kappa shape index (κ3) is 4.78. The average Bonchev–Trinajstić information content (AvgIpc) is 3.04. The van der Waals surface area contributed by atoms with Crippen LogP contribution < -0.4 is 9.47 Å². The minimum Gasteiger partial charge on any atom is -0.493 e. The fourth-order valence-electron chi connectivity index (χ4n) is 2.52. The van der Waals surface area contributed by atoms with Crippen LogP contribution in [0.4, 0.5) is 0 Å². The third-order valence-electron chi connectivity index (χ3n) is 3.88. The number of ether oxygens (including phenoxy) is 3. The SMILES string of the molecule is CCCC(=O)Oc1ccc(/C=C2\N=C(c3ccc(I)cc3)OC2=O)cc1OC. The number of carbonyl (C=O) groups excluding carboxylic acids is 2. The van der Waals surface area contributed by atoms with Gasteiger partial charge in [0.15, 0.2) is 17.2 Å². The monoisotopic (exact) mass is 491 g/mol. The number of carbonyl (C=O) groups is 2. The van der Waals surface area contributed by atoms with Crippen molar-refractivity contribution in [2.24, 2.45) is 4.99 Å². The smallest absolute Gasteiger partial charge is 0.363 e. The van der Waals surface area contributed by atoms with E-state index in [1.165, 1.54) is 7.11 Å². The Morgan fingerprint density at radius 3 is 2.61 bits per heavy atom. The number of esters is 2. The van der Waals surface area contributed by atoms with Crippen molar-refractivity contribution < 1.29 is 23.8 Å². The number of methoxy groups -OCH3 is 1. The highest BCUT2D eigenvalue weighted by molar-refractivity contribution is 14.1. The van der Waals surface area contributed by atoms with E-state index in [2.05, 4.69) is 27.6 Å². The van der Waals surface area contributed by atoms with Gasteiger partial charge in [0, 0.05) is 15.6 Å². The standard InChI is InChI=1S/C21H18INO5/c1-3-4-19(24)27-17-10-5-13(12-18(17)26-2)11-16-21(25)28-20(23-16)14-6-8-15(22)9-7-14/h5-12H,3-4H2,1-2H3/b16-11-. The van der Waals surface area contributed by atoms with Crippen molar-refractivity contribution in [2.75, 3.05) is 7.11 Å². The summed E-state index contributed by atoms with van der Waals surface area (Å²) in [6.45, 7) is 1.90. The second-order valence-corrected chi connectivity index (χ2v) is 7.22. The van der Waals surface area contributed by atoms with Crippen molar-refractivity contribution in [2.45, 2.75) is 19.8 Å². The Bertz CT molecular complexity index is 963. The lowest BCUT2D eigenvalue weighted by atomic mass is 10.1. The molecule has 0 amide bonds. The Balaban J connectivity index is 1.85. The molecule has 0 saturated heterocycles. The quantitative estimate of drug-likeness (QED) is 0.260. The van der Waals surface area contributed by atoms with E-state index in [0.29, 0.717) is 29.9 Å².